The number of nitrogens with one attached hydrogen (secondary N) is 1. The summed E-state index contributed by atoms with van der Waals surface area (Å²) in [7, 11) is 0. The predicted octanol–water partition coefficient (Wildman–Crippen LogP) is 1.33. The first kappa shape index (κ1) is 14.3. The van der Waals surface area contributed by atoms with E-state index < -0.39 is 10.8 Å². The summed E-state index contributed by atoms with van der Waals surface area (Å²) in [5.74, 6) is -0.527. The molecule has 2 rings (SSSR count). The Kier molecular flexibility index (Phi) is 4.02. The molecule has 0 aliphatic heterocycles. The van der Waals surface area contributed by atoms with Gasteiger partial charge in [-0.05, 0) is 18.2 Å². The Morgan fingerprint density at radius 2 is 2.33 bits per heavy atom. The summed E-state index contributed by atoms with van der Waals surface area (Å²) >= 11 is 0. The van der Waals surface area contributed by atoms with Crippen LogP contribution in [-0.4, -0.2) is 31.0 Å². The summed E-state index contributed by atoms with van der Waals surface area (Å²) in [4.78, 5) is 23.6. The molecule has 0 spiro atoms. The number of nitrogens with zero attached hydrogens (tertiary/aromatic N) is 5. The molecule has 2 aromatic rings. The lowest BCUT2D eigenvalue weighted by molar-refractivity contribution is -0.385. The van der Waals surface area contributed by atoms with Crippen molar-refractivity contribution in [1.29, 1.82) is 0 Å². The van der Waals surface area contributed by atoms with Gasteiger partial charge in [-0.25, -0.2) is 0 Å². The Bertz CT molecular complexity index is 709. The largest absolute Gasteiger partial charge is 0.288 e. The molecule has 0 saturated heterocycles. The molecule has 0 bridgehead atoms. The van der Waals surface area contributed by atoms with E-state index in [1.54, 1.807) is 13.0 Å². The van der Waals surface area contributed by atoms with Crippen molar-refractivity contribution in [3.63, 3.8) is 0 Å². The molecular formula is C12H12N6O3. The number of aromatic nitrogens is 4. The van der Waals surface area contributed by atoms with Gasteiger partial charge in [0, 0.05) is 17.2 Å². The number of nitro groups is 1. The number of carbonyl (C=O) groups excluding carboxylic acids is 1. The van der Waals surface area contributed by atoms with Crippen molar-refractivity contribution >= 4 is 17.5 Å². The van der Waals surface area contributed by atoms with Crippen molar-refractivity contribution < 1.29 is 9.72 Å². The van der Waals surface area contributed by atoms with Crippen molar-refractivity contribution in [2.45, 2.75) is 13.5 Å². The molecule has 0 aliphatic rings. The van der Waals surface area contributed by atoms with E-state index in [0.29, 0.717) is 12.1 Å². The molecule has 108 valence electrons. The molecule has 0 aliphatic carbocycles. The van der Waals surface area contributed by atoms with E-state index in [-0.39, 0.29) is 17.2 Å². The lowest BCUT2D eigenvalue weighted by atomic mass is 10.1. The minimum atomic E-state index is -0.545. The smallest absolute Gasteiger partial charge is 0.273 e. The number of rotatable bonds is 5. The topological polar surface area (TPSA) is 116 Å². The first-order chi connectivity index (χ1) is 10.0. The van der Waals surface area contributed by atoms with Crippen LogP contribution in [0.5, 0.6) is 0 Å². The maximum atomic E-state index is 12.0. The molecule has 9 nitrogen and oxygen atoms in total. The second-order valence-corrected chi connectivity index (χ2v) is 4.17. The molecule has 21 heavy (non-hydrogen) atoms. The average Bonchev–Trinajstić information content (AvgIpc) is 2.86. The zero-order chi connectivity index (χ0) is 15.4. The molecule has 0 saturated carbocycles. The summed E-state index contributed by atoms with van der Waals surface area (Å²) in [5, 5.41) is 24.5. The third kappa shape index (κ3) is 3.26. The lowest BCUT2D eigenvalue weighted by Gasteiger charge is -2.02. The summed E-state index contributed by atoms with van der Waals surface area (Å²) < 4.78 is 0. The number of anilines is 1. The predicted molar refractivity (Wildman–Crippen MR) is 73.8 cm³/mol. The minimum absolute atomic E-state index is 0.0186. The summed E-state index contributed by atoms with van der Waals surface area (Å²) in [6.45, 7) is 5.49. The van der Waals surface area contributed by atoms with Crippen LogP contribution in [0.1, 0.15) is 15.9 Å². The van der Waals surface area contributed by atoms with Gasteiger partial charge in [0.05, 0.1) is 11.5 Å². The van der Waals surface area contributed by atoms with E-state index in [1.165, 1.54) is 23.0 Å². The molecular weight excluding hydrogens is 276 g/mol. The van der Waals surface area contributed by atoms with Gasteiger partial charge in [-0.15, -0.1) is 11.7 Å². The third-order valence-electron chi connectivity index (χ3n) is 2.64. The third-order valence-corrected chi connectivity index (χ3v) is 2.64. The molecule has 0 fully saturated rings. The quantitative estimate of drug-likeness (QED) is 0.504. The number of aryl methyl sites for hydroxylation is 1. The van der Waals surface area contributed by atoms with E-state index in [1.807, 2.05) is 0 Å². The first-order valence-electron chi connectivity index (χ1n) is 5.96. The number of carbonyl (C=O) groups is 1. The van der Waals surface area contributed by atoms with Crippen molar-refractivity contribution in [2.75, 3.05) is 5.32 Å². The van der Waals surface area contributed by atoms with Gasteiger partial charge in [-0.3, -0.25) is 20.2 Å². The number of nitro benzene ring substituents is 1. The van der Waals surface area contributed by atoms with Gasteiger partial charge in [0.15, 0.2) is 0 Å². The average molecular weight is 288 g/mol. The van der Waals surface area contributed by atoms with Crippen LogP contribution in [0, 0.1) is 17.0 Å². The van der Waals surface area contributed by atoms with Gasteiger partial charge in [-0.2, -0.15) is 4.80 Å². The number of hydrogen-bond donors (Lipinski definition) is 1. The van der Waals surface area contributed by atoms with E-state index in [2.05, 4.69) is 27.3 Å². The highest BCUT2D eigenvalue weighted by Crippen LogP contribution is 2.19. The fourth-order valence-corrected chi connectivity index (χ4v) is 1.61. The minimum Gasteiger partial charge on any atom is -0.288 e. The van der Waals surface area contributed by atoms with Crippen LogP contribution >= 0.6 is 0 Å². The molecule has 1 aromatic heterocycles. The number of benzene rings is 1. The normalized spacial score (nSPS) is 10.1. The van der Waals surface area contributed by atoms with Gasteiger partial charge in [-0.1, -0.05) is 17.2 Å². The molecule has 1 N–H and O–H groups in total. The highest BCUT2D eigenvalue weighted by molar-refractivity contribution is 6.03. The van der Waals surface area contributed by atoms with Gasteiger partial charge < -0.3 is 0 Å². The zero-order valence-corrected chi connectivity index (χ0v) is 11.2. The SMILES string of the molecule is C=CCn1nnc(NC(=O)c2ccc(C)c([N+](=O)[O-])c2)n1. The van der Waals surface area contributed by atoms with Crippen LogP contribution in [0.3, 0.4) is 0 Å². The van der Waals surface area contributed by atoms with Crippen LogP contribution in [0.4, 0.5) is 11.6 Å². The Balaban J connectivity index is 2.17. The number of allylic oxidation sites excluding steroid dienone is 1. The van der Waals surface area contributed by atoms with Crippen LogP contribution < -0.4 is 5.32 Å². The standard InChI is InChI=1S/C12H12N6O3/c1-3-6-17-15-12(14-16-17)13-11(19)9-5-4-8(2)10(7-9)18(20)21/h3-5,7H,1,6H2,2H3,(H,13,15,19). The molecule has 1 heterocycles. The monoisotopic (exact) mass is 288 g/mol. The second-order valence-electron chi connectivity index (χ2n) is 4.17. The molecule has 1 aromatic carbocycles. The van der Waals surface area contributed by atoms with E-state index in [9.17, 15) is 14.9 Å². The zero-order valence-electron chi connectivity index (χ0n) is 11.2. The molecule has 9 heteroatoms. The number of hydrogen-bond acceptors (Lipinski definition) is 6. The van der Waals surface area contributed by atoms with Crippen molar-refractivity contribution in [1.82, 2.24) is 20.2 Å². The molecule has 0 atom stereocenters. The maximum absolute atomic E-state index is 12.0. The Hall–Kier alpha value is -3.10. The Morgan fingerprint density at radius 3 is 3.00 bits per heavy atom. The van der Waals surface area contributed by atoms with Crippen molar-refractivity contribution in [2.24, 2.45) is 0 Å². The Morgan fingerprint density at radius 1 is 1.57 bits per heavy atom. The second kappa shape index (κ2) is 5.90. The number of amides is 1. The first-order valence-corrected chi connectivity index (χ1v) is 5.96. The number of tetrazole rings is 1. The fourth-order valence-electron chi connectivity index (χ4n) is 1.61. The van der Waals surface area contributed by atoms with Crippen LogP contribution in [-0.2, 0) is 6.54 Å². The van der Waals surface area contributed by atoms with Gasteiger partial charge in [0.1, 0.15) is 0 Å². The molecule has 1 amide bonds. The van der Waals surface area contributed by atoms with Crippen molar-refractivity contribution in [3.05, 3.63) is 52.1 Å². The van der Waals surface area contributed by atoms with Gasteiger partial charge >= 0.3 is 0 Å². The van der Waals surface area contributed by atoms with E-state index in [0.717, 1.165) is 0 Å². The molecule has 0 radical (unpaired) electrons. The summed E-state index contributed by atoms with van der Waals surface area (Å²) in [6, 6.07) is 4.21. The molecule has 0 unspecified atom stereocenters. The maximum Gasteiger partial charge on any atom is 0.273 e. The van der Waals surface area contributed by atoms with Crippen LogP contribution in [0.15, 0.2) is 30.9 Å². The van der Waals surface area contributed by atoms with Crippen LogP contribution in [0.25, 0.3) is 0 Å². The van der Waals surface area contributed by atoms with Crippen LogP contribution in [0.2, 0.25) is 0 Å². The highest BCUT2D eigenvalue weighted by atomic mass is 16.6. The lowest BCUT2D eigenvalue weighted by Crippen LogP contribution is -2.14. The van der Waals surface area contributed by atoms with Gasteiger partial charge in [0.2, 0.25) is 0 Å². The fraction of sp³-hybridized carbons (Fsp3) is 0.167. The summed E-state index contributed by atoms with van der Waals surface area (Å²) in [6.07, 6.45) is 1.58. The van der Waals surface area contributed by atoms with E-state index in [4.69, 9.17) is 0 Å². The Labute approximate surface area is 119 Å². The van der Waals surface area contributed by atoms with E-state index >= 15 is 0 Å². The summed E-state index contributed by atoms with van der Waals surface area (Å²) in [5.41, 5.74) is 0.505. The van der Waals surface area contributed by atoms with Gasteiger partial charge in [0.25, 0.3) is 17.5 Å². The highest BCUT2D eigenvalue weighted by Gasteiger charge is 2.16. The van der Waals surface area contributed by atoms with Crippen molar-refractivity contribution in [3.8, 4) is 0 Å².